The van der Waals surface area contributed by atoms with E-state index in [1.165, 1.54) is 82.4 Å². The molecule has 5 heteroatoms. The molecule has 0 amide bonds. The maximum Gasteiger partial charge on any atom is 0.363 e. The molecule has 0 radical (unpaired) electrons. The first-order chi connectivity index (χ1) is 11.2. The van der Waals surface area contributed by atoms with Crippen molar-refractivity contribution in [1.29, 1.82) is 0 Å². The molecule has 0 bridgehead atoms. The van der Waals surface area contributed by atoms with E-state index in [1.807, 2.05) is 0 Å². The van der Waals surface area contributed by atoms with E-state index in [2.05, 4.69) is 17.5 Å². The van der Waals surface area contributed by atoms with E-state index in [9.17, 15) is 4.79 Å². The number of carbonyl (C=O) groups is 1. The van der Waals surface area contributed by atoms with Crippen LogP contribution in [0, 0.1) is 5.92 Å². The van der Waals surface area contributed by atoms with Gasteiger partial charge in [-0.05, 0) is 30.9 Å². The molecule has 23 heavy (non-hydrogen) atoms. The molecule has 1 saturated carbocycles. The fraction of sp³-hybridized carbons (Fsp3) is 0.889. The Hall–Kier alpha value is -0.710. The molecule has 1 rings (SSSR count). The van der Waals surface area contributed by atoms with Crippen molar-refractivity contribution in [3.8, 4) is 0 Å². The van der Waals surface area contributed by atoms with E-state index >= 15 is 0 Å². The van der Waals surface area contributed by atoms with Crippen LogP contribution in [0.3, 0.4) is 0 Å². The van der Waals surface area contributed by atoms with Crippen molar-refractivity contribution in [3.63, 3.8) is 0 Å². The predicted octanol–water partition coefficient (Wildman–Crippen LogP) is 5.04. The Kier molecular flexibility index (Phi) is 12.1. The van der Waals surface area contributed by atoms with Crippen molar-refractivity contribution < 1.29 is 9.90 Å². The minimum Gasteiger partial charge on any atom is -0.476 e. The number of hydrogen-bond donors (Lipinski definition) is 2. The van der Waals surface area contributed by atoms with Crippen LogP contribution in [0.2, 0.25) is 0 Å². The van der Waals surface area contributed by atoms with Gasteiger partial charge in [-0.1, -0.05) is 76.5 Å². The van der Waals surface area contributed by atoms with Gasteiger partial charge in [-0.3, -0.25) is 0 Å². The van der Waals surface area contributed by atoms with Gasteiger partial charge in [0, 0.05) is 6.54 Å². The number of carboxylic acid groups (broad SMARTS) is 1. The molecule has 1 aliphatic carbocycles. The number of aliphatic carboxylic acids is 1. The van der Waals surface area contributed by atoms with E-state index in [1.54, 1.807) is 0 Å². The second kappa shape index (κ2) is 13.7. The predicted molar refractivity (Wildman–Crippen MR) is 100 cm³/mol. The molecule has 1 fully saturated rings. The molecule has 0 aromatic carbocycles. The lowest BCUT2D eigenvalue weighted by molar-refractivity contribution is -0.129. The van der Waals surface area contributed by atoms with Gasteiger partial charge >= 0.3 is 5.97 Å². The van der Waals surface area contributed by atoms with Gasteiger partial charge in [-0.15, -0.1) is 0 Å². The van der Waals surface area contributed by atoms with Crippen LogP contribution in [0.5, 0.6) is 0 Å². The molecular weight excluding hydrogens is 308 g/mol. The average Bonchev–Trinajstić information content (AvgIpc) is 3.34. The normalized spacial score (nSPS) is 14.9. The van der Waals surface area contributed by atoms with Crippen molar-refractivity contribution in [2.24, 2.45) is 11.0 Å². The topological polar surface area (TPSA) is 61.7 Å². The summed E-state index contributed by atoms with van der Waals surface area (Å²) in [6.07, 6.45) is 15.5. The summed E-state index contributed by atoms with van der Waals surface area (Å²) in [5, 5.41) is 13.3. The summed E-state index contributed by atoms with van der Waals surface area (Å²) in [6.45, 7) is 3.07. The number of hydrazone groups is 1. The zero-order chi connectivity index (χ0) is 16.8. The molecule has 134 valence electrons. The van der Waals surface area contributed by atoms with Crippen LogP contribution in [-0.4, -0.2) is 28.4 Å². The molecule has 0 unspecified atom stereocenters. The summed E-state index contributed by atoms with van der Waals surface area (Å²) in [4.78, 5) is 11.1. The van der Waals surface area contributed by atoms with E-state index in [0.29, 0.717) is 5.92 Å². The van der Waals surface area contributed by atoms with Crippen LogP contribution in [0.15, 0.2) is 5.10 Å². The highest BCUT2D eigenvalue weighted by molar-refractivity contribution is 8.15. The standard InChI is InChI=1S/C18H34N2O2S/c1-2-3-4-5-6-7-8-9-10-11-14-23-17(18(21)22)20-19-15-16-12-13-16/h16,19H,2-15H2,1H3,(H,21,22). The summed E-state index contributed by atoms with van der Waals surface area (Å²) in [7, 11) is 0. The van der Waals surface area contributed by atoms with Crippen molar-refractivity contribution in [2.45, 2.75) is 84.0 Å². The Bertz CT molecular complexity index is 344. The summed E-state index contributed by atoms with van der Waals surface area (Å²) in [5.74, 6) is 0.651. The van der Waals surface area contributed by atoms with Crippen molar-refractivity contribution in [1.82, 2.24) is 5.43 Å². The van der Waals surface area contributed by atoms with Crippen LogP contribution in [0.4, 0.5) is 0 Å². The highest BCUT2D eigenvalue weighted by atomic mass is 32.2. The number of hydrogen-bond acceptors (Lipinski definition) is 4. The Balaban J connectivity index is 1.91. The molecule has 1 aliphatic rings. The van der Waals surface area contributed by atoms with Crippen molar-refractivity contribution >= 4 is 22.8 Å². The van der Waals surface area contributed by atoms with Gasteiger partial charge in [0.05, 0.1) is 0 Å². The highest BCUT2D eigenvalue weighted by Gasteiger charge is 2.20. The van der Waals surface area contributed by atoms with Crippen molar-refractivity contribution in [2.75, 3.05) is 12.3 Å². The van der Waals surface area contributed by atoms with E-state index in [-0.39, 0.29) is 5.04 Å². The molecule has 0 spiro atoms. The lowest BCUT2D eigenvalue weighted by Gasteiger charge is -2.04. The average molecular weight is 343 g/mol. The van der Waals surface area contributed by atoms with Gasteiger partial charge in [-0.2, -0.15) is 5.10 Å². The Morgan fingerprint density at radius 2 is 1.61 bits per heavy atom. The van der Waals surface area contributed by atoms with Gasteiger partial charge in [-0.25, -0.2) is 4.79 Å². The number of unbranched alkanes of at least 4 members (excludes halogenated alkanes) is 9. The first-order valence-electron chi connectivity index (χ1n) is 9.40. The molecule has 0 heterocycles. The third-order valence-corrected chi connectivity index (χ3v) is 5.21. The maximum atomic E-state index is 11.1. The van der Waals surface area contributed by atoms with Crippen LogP contribution in [0.1, 0.15) is 84.0 Å². The highest BCUT2D eigenvalue weighted by Crippen LogP contribution is 2.27. The number of thioether (sulfide) groups is 1. The van der Waals surface area contributed by atoms with Crippen LogP contribution >= 0.6 is 11.8 Å². The largest absolute Gasteiger partial charge is 0.476 e. The molecular formula is C18H34N2O2S. The minimum atomic E-state index is -0.912. The molecule has 0 aromatic heterocycles. The van der Waals surface area contributed by atoms with Gasteiger partial charge < -0.3 is 10.5 Å². The Labute approximate surface area is 145 Å². The Morgan fingerprint density at radius 3 is 2.13 bits per heavy atom. The van der Waals surface area contributed by atoms with Gasteiger partial charge in [0.2, 0.25) is 5.04 Å². The molecule has 0 aromatic rings. The second-order valence-corrected chi connectivity index (χ2v) is 7.64. The number of carboxylic acids is 1. The summed E-state index contributed by atoms with van der Waals surface area (Å²) in [5.41, 5.74) is 2.90. The third kappa shape index (κ3) is 12.4. The molecule has 0 aliphatic heterocycles. The van der Waals surface area contributed by atoms with Crippen LogP contribution in [-0.2, 0) is 4.79 Å². The molecule has 0 atom stereocenters. The van der Waals surface area contributed by atoms with Gasteiger partial charge in [0.1, 0.15) is 0 Å². The fourth-order valence-electron chi connectivity index (χ4n) is 2.47. The monoisotopic (exact) mass is 342 g/mol. The van der Waals surface area contributed by atoms with E-state index in [4.69, 9.17) is 5.11 Å². The third-order valence-electron chi connectivity index (χ3n) is 4.18. The Morgan fingerprint density at radius 1 is 1.04 bits per heavy atom. The molecule has 4 nitrogen and oxygen atoms in total. The lowest BCUT2D eigenvalue weighted by atomic mass is 10.1. The molecule has 0 saturated heterocycles. The maximum absolute atomic E-state index is 11.1. The summed E-state index contributed by atoms with van der Waals surface area (Å²) >= 11 is 1.37. The second-order valence-electron chi connectivity index (χ2n) is 6.56. The summed E-state index contributed by atoms with van der Waals surface area (Å²) in [6, 6.07) is 0. The van der Waals surface area contributed by atoms with Gasteiger partial charge in [0.25, 0.3) is 0 Å². The summed E-state index contributed by atoms with van der Waals surface area (Å²) < 4.78 is 0. The quantitative estimate of drug-likeness (QED) is 0.201. The number of nitrogens with one attached hydrogen (secondary N) is 1. The van der Waals surface area contributed by atoms with Crippen LogP contribution < -0.4 is 5.43 Å². The van der Waals surface area contributed by atoms with E-state index in [0.717, 1.165) is 18.7 Å². The first kappa shape index (κ1) is 20.3. The SMILES string of the molecule is CCCCCCCCCCCCSC(=NNCC1CC1)C(=O)O. The number of rotatable bonds is 14. The first-order valence-corrected chi connectivity index (χ1v) is 10.4. The molecule has 2 N–H and O–H groups in total. The van der Waals surface area contributed by atoms with E-state index < -0.39 is 5.97 Å². The van der Waals surface area contributed by atoms with Gasteiger partial charge in [0.15, 0.2) is 0 Å². The van der Waals surface area contributed by atoms with Crippen LogP contribution in [0.25, 0.3) is 0 Å². The number of nitrogens with zero attached hydrogens (tertiary/aromatic N) is 1. The zero-order valence-corrected chi connectivity index (χ0v) is 15.5. The lowest BCUT2D eigenvalue weighted by Crippen LogP contribution is -2.17. The fourth-order valence-corrected chi connectivity index (χ4v) is 3.26. The zero-order valence-electron chi connectivity index (χ0n) is 14.7. The smallest absolute Gasteiger partial charge is 0.363 e. The van der Waals surface area contributed by atoms with Crippen molar-refractivity contribution in [3.05, 3.63) is 0 Å². The minimum absolute atomic E-state index is 0.210.